The maximum Gasteiger partial charge on any atom is -0.0236 e. The van der Waals surface area contributed by atoms with Gasteiger partial charge in [0, 0.05) is 0 Å². The Morgan fingerprint density at radius 2 is 1.79 bits per heavy atom. The van der Waals surface area contributed by atoms with E-state index in [9.17, 15) is 0 Å². The summed E-state index contributed by atoms with van der Waals surface area (Å²) in [5.41, 5.74) is 0. The minimum absolute atomic E-state index is 0.704. The lowest BCUT2D eigenvalue weighted by Crippen LogP contribution is -1.90. The average Bonchev–Trinajstić information content (AvgIpc) is 2.22. The average molecular weight is 194 g/mol. The predicted molar refractivity (Wildman–Crippen MR) is 66.0 cm³/mol. The van der Waals surface area contributed by atoms with Gasteiger partial charge in [-0.05, 0) is 31.6 Å². The molecule has 0 spiro atoms. The quantitative estimate of drug-likeness (QED) is 0.359. The molecule has 0 nitrogen and oxygen atoms in total. The van der Waals surface area contributed by atoms with E-state index in [1.165, 1.54) is 38.5 Å². The van der Waals surface area contributed by atoms with Crippen molar-refractivity contribution < 1.29 is 0 Å². The van der Waals surface area contributed by atoms with Crippen molar-refractivity contribution in [1.29, 1.82) is 0 Å². The van der Waals surface area contributed by atoms with Crippen molar-refractivity contribution in [3.8, 4) is 0 Å². The molecule has 14 heavy (non-hydrogen) atoms. The fraction of sp³-hybridized carbons (Fsp3) is 0.714. The Bertz CT molecular complexity index is 120. The third-order valence-corrected chi connectivity index (χ3v) is 2.67. The topological polar surface area (TPSA) is 0 Å². The van der Waals surface area contributed by atoms with Crippen LogP contribution in [0.4, 0.5) is 0 Å². The van der Waals surface area contributed by atoms with Crippen LogP contribution in [-0.2, 0) is 0 Å². The van der Waals surface area contributed by atoms with Crippen LogP contribution >= 0.6 is 0 Å². The van der Waals surface area contributed by atoms with Crippen molar-refractivity contribution in [2.24, 2.45) is 5.92 Å². The number of hydrogen-bond acceptors (Lipinski definition) is 0. The molecule has 0 saturated heterocycles. The van der Waals surface area contributed by atoms with Gasteiger partial charge >= 0.3 is 0 Å². The zero-order valence-corrected chi connectivity index (χ0v) is 9.80. The molecule has 0 heteroatoms. The molecule has 0 aliphatic heterocycles. The fourth-order valence-electron chi connectivity index (χ4n) is 1.52. The highest BCUT2D eigenvalue weighted by molar-refractivity contribution is 4.88. The van der Waals surface area contributed by atoms with Crippen LogP contribution in [0.3, 0.4) is 0 Å². The van der Waals surface area contributed by atoms with Gasteiger partial charge in [0.2, 0.25) is 0 Å². The van der Waals surface area contributed by atoms with Crippen LogP contribution in [0, 0.1) is 19.8 Å². The summed E-state index contributed by atoms with van der Waals surface area (Å²) in [4.78, 5) is 0. The van der Waals surface area contributed by atoms with Gasteiger partial charge in [-0.2, -0.15) is 0 Å². The van der Waals surface area contributed by atoms with Crippen LogP contribution in [0.1, 0.15) is 58.3 Å². The van der Waals surface area contributed by atoms with E-state index in [2.05, 4.69) is 32.9 Å². The number of unbranched alkanes of at least 4 members (excludes halogenated alkanes) is 5. The third-order valence-electron chi connectivity index (χ3n) is 2.67. The second-order valence-electron chi connectivity index (χ2n) is 3.94. The molecule has 0 saturated carbocycles. The van der Waals surface area contributed by atoms with E-state index in [1.807, 2.05) is 0 Å². The van der Waals surface area contributed by atoms with E-state index in [0.717, 1.165) is 12.8 Å². The highest BCUT2D eigenvalue weighted by atomic mass is 14.0. The summed E-state index contributed by atoms with van der Waals surface area (Å²) in [5.74, 6) is 0.704. The molecule has 0 aromatic carbocycles. The number of rotatable bonds is 9. The molecule has 1 unspecified atom stereocenters. The summed E-state index contributed by atoms with van der Waals surface area (Å²) in [7, 11) is 0. The maximum atomic E-state index is 3.94. The van der Waals surface area contributed by atoms with Gasteiger partial charge in [-0.1, -0.05) is 58.6 Å². The highest BCUT2D eigenvalue weighted by Crippen LogP contribution is 2.10. The summed E-state index contributed by atoms with van der Waals surface area (Å²) in [5, 5.41) is 0. The van der Waals surface area contributed by atoms with Gasteiger partial charge < -0.3 is 0 Å². The third kappa shape index (κ3) is 8.34. The summed E-state index contributed by atoms with van der Waals surface area (Å²) in [6, 6.07) is 0. The van der Waals surface area contributed by atoms with E-state index >= 15 is 0 Å². The first-order chi connectivity index (χ1) is 6.85. The first-order valence-corrected chi connectivity index (χ1v) is 6.10. The first kappa shape index (κ1) is 13.7. The minimum Gasteiger partial charge on any atom is -0.0883 e. The second-order valence-corrected chi connectivity index (χ2v) is 3.94. The van der Waals surface area contributed by atoms with Gasteiger partial charge in [0.15, 0.2) is 0 Å². The monoisotopic (exact) mass is 194 g/mol. The molecule has 2 radical (unpaired) electrons. The summed E-state index contributed by atoms with van der Waals surface area (Å²) in [6.07, 6.45) is 14.6. The smallest absolute Gasteiger partial charge is 0.0236 e. The Morgan fingerprint density at radius 3 is 2.36 bits per heavy atom. The van der Waals surface area contributed by atoms with Crippen LogP contribution < -0.4 is 0 Å². The summed E-state index contributed by atoms with van der Waals surface area (Å²) in [6.45, 7) is 10.0. The Labute approximate surface area is 90.8 Å². The molecule has 82 valence electrons. The molecule has 1 atom stereocenters. The van der Waals surface area contributed by atoms with Gasteiger partial charge in [-0.15, -0.1) is 0 Å². The van der Waals surface area contributed by atoms with Crippen molar-refractivity contribution in [3.63, 3.8) is 0 Å². The van der Waals surface area contributed by atoms with Crippen molar-refractivity contribution >= 4 is 0 Å². The van der Waals surface area contributed by atoms with E-state index in [-0.39, 0.29) is 0 Å². The Hall–Kier alpha value is -0.260. The van der Waals surface area contributed by atoms with E-state index in [0.29, 0.717) is 5.92 Å². The largest absolute Gasteiger partial charge is 0.0883 e. The summed E-state index contributed by atoms with van der Waals surface area (Å²) < 4.78 is 0. The first-order valence-electron chi connectivity index (χ1n) is 6.10. The minimum atomic E-state index is 0.704. The van der Waals surface area contributed by atoms with Gasteiger partial charge in [0.05, 0.1) is 0 Å². The molecular weight excluding hydrogens is 168 g/mol. The molecule has 0 fully saturated rings. The van der Waals surface area contributed by atoms with Crippen LogP contribution in [0.5, 0.6) is 0 Å². The van der Waals surface area contributed by atoms with E-state index in [1.54, 1.807) is 0 Å². The second kappa shape index (κ2) is 10.8. The Balaban J connectivity index is 3.25. The highest BCUT2D eigenvalue weighted by Gasteiger charge is 1.95. The normalized spacial score (nSPS) is 11.7. The van der Waals surface area contributed by atoms with Gasteiger partial charge in [0.25, 0.3) is 0 Å². The predicted octanol–water partition coefficient (Wildman–Crippen LogP) is 4.97. The molecule has 0 aromatic heterocycles. The van der Waals surface area contributed by atoms with Crippen LogP contribution in [-0.4, -0.2) is 0 Å². The zero-order valence-electron chi connectivity index (χ0n) is 9.80. The maximum absolute atomic E-state index is 3.94. The SMILES string of the molecule is [CH2]CCCCCC/C=C/C(C[CH2])CC. The number of hydrogen-bond donors (Lipinski definition) is 0. The Kier molecular flexibility index (Phi) is 10.6. The van der Waals surface area contributed by atoms with Gasteiger partial charge in [0.1, 0.15) is 0 Å². The van der Waals surface area contributed by atoms with Gasteiger partial charge in [-0.3, -0.25) is 0 Å². The standard InChI is InChI=1S/C14H26/c1-4-7-8-9-10-11-12-13-14(5-2)6-3/h12-14H,1-2,4-11H2,3H3/b13-12+. The molecule has 0 heterocycles. The molecular formula is C14H26. The lowest BCUT2D eigenvalue weighted by Gasteiger charge is -2.04. The Morgan fingerprint density at radius 1 is 1.07 bits per heavy atom. The summed E-state index contributed by atoms with van der Waals surface area (Å²) >= 11 is 0. The van der Waals surface area contributed by atoms with Gasteiger partial charge in [-0.25, -0.2) is 0 Å². The molecule has 0 aliphatic rings. The molecule has 0 aliphatic carbocycles. The van der Waals surface area contributed by atoms with E-state index < -0.39 is 0 Å². The molecule has 0 N–H and O–H groups in total. The molecule has 0 rings (SSSR count). The molecule has 0 amide bonds. The van der Waals surface area contributed by atoms with E-state index in [4.69, 9.17) is 0 Å². The van der Waals surface area contributed by atoms with Crippen LogP contribution in [0.2, 0.25) is 0 Å². The van der Waals surface area contributed by atoms with Crippen molar-refractivity contribution in [3.05, 3.63) is 26.0 Å². The van der Waals surface area contributed by atoms with Crippen molar-refractivity contribution in [2.45, 2.75) is 58.3 Å². The number of allylic oxidation sites excluding steroid dienone is 2. The van der Waals surface area contributed by atoms with Crippen molar-refractivity contribution in [1.82, 2.24) is 0 Å². The molecule has 0 bridgehead atoms. The lowest BCUT2D eigenvalue weighted by molar-refractivity contribution is 0.625. The lowest BCUT2D eigenvalue weighted by atomic mass is 10.0. The fourth-order valence-corrected chi connectivity index (χ4v) is 1.52. The van der Waals surface area contributed by atoms with Crippen LogP contribution in [0.15, 0.2) is 12.2 Å². The van der Waals surface area contributed by atoms with Crippen LogP contribution in [0.25, 0.3) is 0 Å². The van der Waals surface area contributed by atoms with Crippen molar-refractivity contribution in [2.75, 3.05) is 0 Å². The zero-order chi connectivity index (χ0) is 10.6. The molecule has 0 aromatic rings.